The summed E-state index contributed by atoms with van der Waals surface area (Å²) < 4.78 is 0. The number of ketones is 1. The fourth-order valence-corrected chi connectivity index (χ4v) is 5.50. The zero-order chi connectivity index (χ0) is 26.3. The number of thiazole rings is 1. The molecule has 3 heterocycles. The van der Waals surface area contributed by atoms with Gasteiger partial charge in [-0.3, -0.25) is 15.0 Å². The number of piperazine rings is 1. The van der Waals surface area contributed by atoms with Crippen molar-refractivity contribution in [1.82, 2.24) is 24.8 Å². The van der Waals surface area contributed by atoms with Gasteiger partial charge in [-0.25, -0.2) is 4.98 Å². The Labute approximate surface area is 230 Å². The number of hydrogen-bond donors (Lipinski definition) is 2. The average molecular weight is 548 g/mol. The van der Waals surface area contributed by atoms with Gasteiger partial charge in [-0.1, -0.05) is 42.5 Å². The molecule has 0 unspecified atom stereocenters. The average Bonchev–Trinajstić information content (AvgIpc) is 3.35. The molecule has 5 rings (SSSR count). The van der Waals surface area contributed by atoms with Gasteiger partial charge in [-0.2, -0.15) is 15.0 Å². The number of benzene rings is 2. The van der Waals surface area contributed by atoms with E-state index in [1.54, 1.807) is 11.3 Å². The van der Waals surface area contributed by atoms with E-state index in [0.717, 1.165) is 52.2 Å². The smallest absolute Gasteiger partial charge is 0.234 e. The molecule has 9 nitrogen and oxygen atoms in total. The highest BCUT2D eigenvalue weighted by Gasteiger charge is 2.21. The van der Waals surface area contributed by atoms with E-state index in [0.29, 0.717) is 30.0 Å². The largest absolute Gasteiger partial charge is 0.395 e. The van der Waals surface area contributed by atoms with Crippen LogP contribution in [-0.2, 0) is 6.42 Å². The van der Waals surface area contributed by atoms with Gasteiger partial charge in [-0.15, -0.1) is 11.3 Å². The van der Waals surface area contributed by atoms with Crippen LogP contribution in [-0.4, -0.2) is 75.1 Å². The minimum Gasteiger partial charge on any atom is -0.395 e. The number of carbonyl (C=O) groups excluding carboxylic acids is 1. The minimum absolute atomic E-state index is 0.0975. The highest BCUT2D eigenvalue weighted by atomic mass is 32.2. The van der Waals surface area contributed by atoms with Gasteiger partial charge in [0.1, 0.15) is 0 Å². The highest BCUT2D eigenvalue weighted by Crippen LogP contribution is 2.29. The van der Waals surface area contributed by atoms with Crippen LogP contribution in [0.15, 0.2) is 70.8 Å². The molecule has 0 radical (unpaired) electrons. The van der Waals surface area contributed by atoms with Crippen molar-refractivity contribution in [1.29, 1.82) is 0 Å². The number of aryl methyl sites for hydroxylation is 1. The van der Waals surface area contributed by atoms with Crippen molar-refractivity contribution in [3.05, 3.63) is 76.8 Å². The lowest BCUT2D eigenvalue weighted by molar-refractivity contribution is 0.0993. The molecule has 38 heavy (non-hydrogen) atoms. The second-order valence-electron chi connectivity index (χ2n) is 8.91. The predicted molar refractivity (Wildman–Crippen MR) is 151 cm³/mol. The molecule has 0 amide bonds. The maximum absolute atomic E-state index is 12.6. The second-order valence-corrected chi connectivity index (χ2v) is 11.2. The summed E-state index contributed by atoms with van der Waals surface area (Å²) in [4.78, 5) is 37.5. The van der Waals surface area contributed by atoms with Crippen LogP contribution in [0.4, 0.5) is 17.0 Å². The number of carbonyl (C=O) groups is 1. The van der Waals surface area contributed by atoms with Crippen LogP contribution in [0.1, 0.15) is 20.8 Å². The maximum atomic E-state index is 12.6. The molecule has 1 saturated heterocycles. The quantitative estimate of drug-likeness (QED) is 0.282. The lowest BCUT2D eigenvalue weighted by Crippen LogP contribution is -2.47. The number of nitrogens with one attached hydrogen (secondary N) is 1. The molecule has 1 aliphatic heterocycles. The molecule has 2 aromatic heterocycles. The molecular formula is C27H29N7O2S2. The van der Waals surface area contributed by atoms with Crippen molar-refractivity contribution in [3.63, 3.8) is 0 Å². The molecule has 1 fully saturated rings. The second kappa shape index (κ2) is 12.4. The Morgan fingerprint density at radius 1 is 1.03 bits per heavy atom. The molecule has 196 valence electrons. The number of β-amino-alcohol motifs (C(OH)–C–C–N with tert-alkyl or cyclic N) is 1. The van der Waals surface area contributed by atoms with Crippen molar-refractivity contribution in [3.8, 4) is 0 Å². The molecule has 0 bridgehead atoms. The zero-order valence-corrected chi connectivity index (χ0v) is 22.7. The Balaban J connectivity index is 1.32. The Morgan fingerprint density at radius 2 is 1.79 bits per heavy atom. The molecule has 0 spiro atoms. The van der Waals surface area contributed by atoms with Crippen molar-refractivity contribution < 1.29 is 9.90 Å². The minimum atomic E-state index is 0.0975. The van der Waals surface area contributed by atoms with Crippen LogP contribution in [0.3, 0.4) is 0 Å². The van der Waals surface area contributed by atoms with Crippen LogP contribution < -0.4 is 10.2 Å². The van der Waals surface area contributed by atoms with Crippen LogP contribution >= 0.6 is 23.1 Å². The number of Topliss-reactive ketones (excluding diaryl/α,β-unsaturated/α-hetero) is 1. The summed E-state index contributed by atoms with van der Waals surface area (Å²) in [6.07, 6.45) is 2.17. The van der Waals surface area contributed by atoms with Crippen LogP contribution in [0.5, 0.6) is 0 Å². The van der Waals surface area contributed by atoms with E-state index in [2.05, 4.69) is 25.1 Å². The lowest BCUT2D eigenvalue weighted by Gasteiger charge is -2.34. The van der Waals surface area contributed by atoms with E-state index in [1.807, 2.05) is 67.7 Å². The molecular weight excluding hydrogens is 518 g/mol. The molecule has 2 aromatic carbocycles. The number of aliphatic hydroxyl groups excluding tert-OH is 1. The van der Waals surface area contributed by atoms with E-state index >= 15 is 0 Å². The van der Waals surface area contributed by atoms with Crippen molar-refractivity contribution in [2.24, 2.45) is 0 Å². The van der Waals surface area contributed by atoms with Gasteiger partial charge in [0.05, 0.1) is 6.61 Å². The van der Waals surface area contributed by atoms with Crippen LogP contribution in [0.2, 0.25) is 0 Å². The third kappa shape index (κ3) is 6.93. The topological polar surface area (TPSA) is 107 Å². The van der Waals surface area contributed by atoms with Gasteiger partial charge in [0.25, 0.3) is 0 Å². The van der Waals surface area contributed by atoms with E-state index in [-0.39, 0.29) is 12.4 Å². The van der Waals surface area contributed by atoms with Crippen molar-refractivity contribution >= 4 is 45.9 Å². The number of anilines is 3. The molecule has 11 heteroatoms. The zero-order valence-electron chi connectivity index (χ0n) is 21.1. The van der Waals surface area contributed by atoms with Crippen molar-refractivity contribution in [2.75, 3.05) is 49.5 Å². The van der Waals surface area contributed by atoms with Gasteiger partial charge in [-0.05, 0) is 36.4 Å². The predicted octanol–water partition coefficient (Wildman–Crippen LogP) is 4.07. The van der Waals surface area contributed by atoms with Crippen molar-refractivity contribution in [2.45, 2.75) is 23.4 Å². The molecule has 0 aliphatic carbocycles. The van der Waals surface area contributed by atoms with E-state index in [4.69, 9.17) is 9.97 Å². The summed E-state index contributed by atoms with van der Waals surface area (Å²) in [6.45, 7) is 6.06. The summed E-state index contributed by atoms with van der Waals surface area (Å²) >= 11 is 3.00. The van der Waals surface area contributed by atoms with Crippen LogP contribution in [0.25, 0.3) is 0 Å². The van der Waals surface area contributed by atoms with Gasteiger partial charge >= 0.3 is 0 Å². The van der Waals surface area contributed by atoms with Gasteiger partial charge in [0, 0.05) is 60.7 Å². The monoisotopic (exact) mass is 547 g/mol. The first kappa shape index (κ1) is 26.2. The van der Waals surface area contributed by atoms with Gasteiger partial charge < -0.3 is 10.0 Å². The highest BCUT2D eigenvalue weighted by molar-refractivity contribution is 7.99. The number of nitrogens with zero attached hydrogens (tertiary/aromatic N) is 6. The number of aromatic nitrogens is 4. The fraction of sp³-hybridized carbons (Fsp3) is 0.296. The van der Waals surface area contributed by atoms with E-state index in [9.17, 15) is 9.90 Å². The standard InChI is InChI=1S/C27H29N7O2S2/c1-19-18-28-26(37-19)30-24-29-25(34-13-11-33(12-14-34)15-16-35)32-27(31-24)38-22-9-7-20(8-10-22)17-23(36)21-5-3-2-4-6-21/h2-10,18,35H,11-17H2,1H3,(H,28,29,30,31,32). The fourth-order valence-electron chi connectivity index (χ4n) is 4.10. The SMILES string of the molecule is Cc1cnc(Nc2nc(Sc3ccc(CC(=O)c4ccccc4)cc3)nc(N3CCN(CCO)CC3)n2)s1. The van der Waals surface area contributed by atoms with E-state index < -0.39 is 0 Å². The Morgan fingerprint density at radius 3 is 2.47 bits per heavy atom. The number of aliphatic hydroxyl groups is 1. The summed E-state index contributed by atoms with van der Waals surface area (Å²) in [5, 5.41) is 13.8. The third-order valence-electron chi connectivity index (χ3n) is 6.11. The maximum Gasteiger partial charge on any atom is 0.234 e. The Bertz CT molecular complexity index is 1360. The number of rotatable bonds is 10. The third-order valence-corrected chi connectivity index (χ3v) is 7.81. The lowest BCUT2D eigenvalue weighted by atomic mass is 10.0. The summed E-state index contributed by atoms with van der Waals surface area (Å²) in [5.41, 5.74) is 1.68. The summed E-state index contributed by atoms with van der Waals surface area (Å²) in [5.74, 6) is 1.17. The Hall–Kier alpha value is -3.38. The van der Waals surface area contributed by atoms with Crippen LogP contribution in [0, 0.1) is 6.92 Å². The molecule has 0 saturated carbocycles. The van der Waals surface area contributed by atoms with E-state index in [1.165, 1.54) is 11.8 Å². The summed E-state index contributed by atoms with van der Waals surface area (Å²) in [6, 6.07) is 17.3. The van der Waals surface area contributed by atoms with Gasteiger partial charge in [0.2, 0.25) is 11.9 Å². The first-order valence-corrected chi connectivity index (χ1v) is 14.1. The molecule has 2 N–H and O–H groups in total. The first-order chi connectivity index (χ1) is 18.6. The Kier molecular flexibility index (Phi) is 8.59. The van der Waals surface area contributed by atoms with Gasteiger partial charge in [0.15, 0.2) is 16.1 Å². The number of hydrogen-bond acceptors (Lipinski definition) is 11. The molecule has 4 aromatic rings. The first-order valence-electron chi connectivity index (χ1n) is 12.4. The molecule has 0 atom stereocenters. The summed E-state index contributed by atoms with van der Waals surface area (Å²) in [7, 11) is 0. The normalized spacial score (nSPS) is 14.0. The molecule has 1 aliphatic rings.